The van der Waals surface area contributed by atoms with E-state index < -0.39 is 52.0 Å². The maximum atomic E-state index is 12.3. The molecule has 0 aliphatic carbocycles. The average Bonchev–Trinajstić information content (AvgIpc) is 3.06. The summed E-state index contributed by atoms with van der Waals surface area (Å²) < 4.78 is -0.648. The van der Waals surface area contributed by atoms with Crippen LogP contribution < -0.4 is 70.2 Å². The van der Waals surface area contributed by atoms with Crippen LogP contribution in [0.15, 0.2) is 24.3 Å². The van der Waals surface area contributed by atoms with Crippen LogP contribution >= 0.6 is 11.8 Å². The number of phenols is 1. The number of thioether (sulfide) groups is 1. The molecule has 2 heterocycles. The Bertz CT molecular complexity index is 960. The zero-order chi connectivity index (χ0) is 26.5. The molecule has 0 aromatic heterocycles. The number of nitrogens with zero attached hydrogens (tertiary/aromatic N) is 1. The van der Waals surface area contributed by atoms with E-state index in [1.54, 1.807) is 13.8 Å². The van der Waals surface area contributed by atoms with Gasteiger partial charge in [0, 0.05) is 4.75 Å². The normalized spacial score (nSPS) is 22.5. The number of nitrogens with two attached hydrogens (primary N) is 1. The summed E-state index contributed by atoms with van der Waals surface area (Å²) in [7, 11) is 0. The molecule has 10 nitrogen and oxygen atoms in total. The molecule has 2 saturated heterocycles. The molecular weight excluding hydrogens is 520 g/mol. The number of hydrogen-bond donors (Lipinski definition) is 5. The van der Waals surface area contributed by atoms with Gasteiger partial charge in [0.15, 0.2) is 0 Å². The number of aliphatic carboxylic acids is 2. The van der Waals surface area contributed by atoms with Gasteiger partial charge in [-0.2, -0.15) is 0 Å². The van der Waals surface area contributed by atoms with Gasteiger partial charge in [0.2, 0.25) is 11.8 Å². The summed E-state index contributed by atoms with van der Waals surface area (Å²) in [4.78, 5) is 47.9. The van der Waals surface area contributed by atoms with Gasteiger partial charge in [-0.3, -0.25) is 14.4 Å². The maximum absolute atomic E-state index is 12.3. The van der Waals surface area contributed by atoms with Gasteiger partial charge in [-0.15, -0.1) is 11.8 Å². The van der Waals surface area contributed by atoms with Gasteiger partial charge in [0.25, 0.3) is 0 Å². The number of hydrogen-bond acceptors (Lipinski definition) is 7. The summed E-state index contributed by atoms with van der Waals surface area (Å²) in [5, 5.41) is 29.5. The van der Waals surface area contributed by atoms with Gasteiger partial charge in [-0.25, -0.2) is 4.79 Å². The monoisotopic (exact) mass is 557 g/mol. The first kappa shape index (κ1) is 36.2. The minimum absolute atomic E-state index is 0. The topological polar surface area (TPSA) is 170 Å². The average molecular weight is 558 g/mol. The van der Waals surface area contributed by atoms with Gasteiger partial charge in [0.1, 0.15) is 29.2 Å². The predicted octanol–water partition coefficient (Wildman–Crippen LogP) is -3.46. The van der Waals surface area contributed by atoms with E-state index in [9.17, 15) is 29.4 Å². The number of unbranched alkanes of at least 4 members (excludes halogenated alkanes) is 1. The third-order valence-electron chi connectivity index (χ3n) is 6.26. The largest absolute Gasteiger partial charge is 1.00 e. The molecule has 0 spiro atoms. The smallest absolute Gasteiger partial charge is 1.00 e. The Morgan fingerprint density at radius 2 is 1.73 bits per heavy atom. The first-order valence-corrected chi connectivity index (χ1v) is 12.5. The second kappa shape index (κ2) is 15.7. The van der Waals surface area contributed by atoms with Gasteiger partial charge >= 0.3 is 71.1 Å². The fourth-order valence-corrected chi connectivity index (χ4v) is 5.80. The number of carbonyl (C=O) groups excluding carboxylic acids is 2. The minimum Gasteiger partial charge on any atom is -1.00 e. The van der Waals surface area contributed by atoms with Crippen LogP contribution in [0.25, 0.3) is 0 Å². The van der Waals surface area contributed by atoms with Crippen molar-refractivity contribution in [2.24, 2.45) is 11.7 Å². The molecule has 2 fully saturated rings. The van der Waals surface area contributed by atoms with Crippen molar-refractivity contribution < 1.29 is 96.5 Å². The fraction of sp³-hybridized carbons (Fsp3) is 0.583. The summed E-state index contributed by atoms with van der Waals surface area (Å²) in [5.74, 6) is -2.69. The fourth-order valence-electron chi connectivity index (χ4n) is 4.17. The van der Waals surface area contributed by atoms with E-state index in [-0.39, 0.29) is 73.6 Å². The Morgan fingerprint density at radius 1 is 1.16 bits per heavy atom. The molecule has 0 saturated carbocycles. The number of β-lactam (4-membered cyclic amide) rings is 1. The summed E-state index contributed by atoms with van der Waals surface area (Å²) >= 11 is 1.35. The molecule has 198 valence electrons. The van der Waals surface area contributed by atoms with E-state index in [0.29, 0.717) is 5.56 Å². The Balaban J connectivity index is -0.000000806. The maximum Gasteiger partial charge on any atom is 1.00 e. The van der Waals surface area contributed by atoms with E-state index in [1.165, 1.54) is 40.9 Å². The SMILES string of the molecule is CC1(C)S[C@@H]2[C@H](NC(=O)[C@H](N)c3ccc(O)cc3)C(=O)N2[C@H]1C(=O)O.CCCCC(CC)C(=O)O.[H-].[H-].[Na+].[Na+]. The van der Waals surface area contributed by atoms with Crippen LogP contribution in [0.3, 0.4) is 0 Å². The van der Waals surface area contributed by atoms with Crippen LogP contribution in [0.1, 0.15) is 67.8 Å². The Morgan fingerprint density at radius 3 is 2.19 bits per heavy atom. The number of nitrogens with one attached hydrogen (secondary N) is 1. The third kappa shape index (κ3) is 8.86. The molecule has 3 rings (SSSR count). The van der Waals surface area contributed by atoms with Crippen molar-refractivity contribution in [3.8, 4) is 5.75 Å². The van der Waals surface area contributed by atoms with Crippen molar-refractivity contribution in [2.75, 3.05) is 0 Å². The number of aromatic hydroxyl groups is 1. The van der Waals surface area contributed by atoms with E-state index in [1.807, 2.05) is 6.92 Å². The van der Waals surface area contributed by atoms with Gasteiger partial charge in [0.05, 0.1) is 5.92 Å². The minimum atomic E-state index is -1.06. The first-order chi connectivity index (χ1) is 16.3. The van der Waals surface area contributed by atoms with Crippen molar-refractivity contribution >= 4 is 35.5 Å². The molecule has 2 aliphatic heterocycles. The standard InChI is InChI=1S/C16H19N3O5S.C8H16O2.2Na.2H/c1-16(2)11(15(23)24)19-13(22)10(14(19)25-16)18-12(21)9(17)7-3-5-8(20)6-4-7;1-3-5-6-7(4-2)8(9)10;;;;/h3-6,9-11,14,20H,17H2,1-2H3,(H,18,21)(H,23,24);7H,3-6H2,1-2H3,(H,9,10);;;;/q;;2*+1;2*-1/t9-,10-,11+,14-;;;;;/m1...../s1. The van der Waals surface area contributed by atoms with Gasteiger partial charge in [-0.05, 0) is 44.4 Å². The zero-order valence-electron chi connectivity index (χ0n) is 24.4. The number of carbonyl (C=O) groups is 4. The van der Waals surface area contributed by atoms with Crippen LogP contribution in [0, 0.1) is 5.92 Å². The molecule has 0 radical (unpaired) electrons. The predicted molar refractivity (Wildman–Crippen MR) is 134 cm³/mol. The molecule has 6 N–H and O–H groups in total. The van der Waals surface area contributed by atoms with E-state index in [2.05, 4.69) is 12.2 Å². The molecule has 1 aromatic carbocycles. The number of benzene rings is 1. The summed E-state index contributed by atoms with van der Waals surface area (Å²) in [5.41, 5.74) is 6.41. The molecule has 2 amide bonds. The second-order valence-electron chi connectivity index (χ2n) is 9.24. The molecule has 1 unspecified atom stereocenters. The van der Waals surface area contributed by atoms with Crippen molar-refractivity contribution in [1.82, 2.24) is 10.2 Å². The molecular formula is C24H37N3Na2O7S. The van der Waals surface area contributed by atoms with Crippen molar-refractivity contribution in [1.29, 1.82) is 0 Å². The van der Waals surface area contributed by atoms with E-state index in [4.69, 9.17) is 10.8 Å². The number of carboxylic acid groups (broad SMARTS) is 2. The van der Waals surface area contributed by atoms with Crippen molar-refractivity contribution in [3.05, 3.63) is 29.8 Å². The van der Waals surface area contributed by atoms with E-state index in [0.717, 1.165) is 25.7 Å². The van der Waals surface area contributed by atoms with Crippen molar-refractivity contribution in [3.63, 3.8) is 0 Å². The van der Waals surface area contributed by atoms with Crippen LogP contribution in [0.2, 0.25) is 0 Å². The molecule has 2 aliphatic rings. The zero-order valence-corrected chi connectivity index (χ0v) is 27.2. The third-order valence-corrected chi connectivity index (χ3v) is 7.83. The molecule has 0 bridgehead atoms. The number of fused-ring (bicyclic) bond motifs is 1. The van der Waals surface area contributed by atoms with Crippen LogP contribution in [0.4, 0.5) is 0 Å². The molecule has 37 heavy (non-hydrogen) atoms. The summed E-state index contributed by atoms with van der Waals surface area (Å²) in [6.45, 7) is 7.54. The van der Waals surface area contributed by atoms with Crippen LogP contribution in [-0.2, 0) is 19.2 Å². The summed E-state index contributed by atoms with van der Waals surface area (Å²) in [6.07, 6.45) is 3.71. The van der Waals surface area contributed by atoms with E-state index >= 15 is 0 Å². The van der Waals surface area contributed by atoms with Gasteiger partial charge in [-0.1, -0.05) is 38.8 Å². The quantitative estimate of drug-likeness (QED) is 0.153. The molecule has 1 aromatic rings. The first-order valence-electron chi connectivity index (χ1n) is 11.7. The number of rotatable bonds is 9. The Kier molecular flexibility index (Phi) is 15.4. The van der Waals surface area contributed by atoms with Gasteiger partial charge < -0.3 is 34.1 Å². The Hall–Kier alpha value is -0.790. The van der Waals surface area contributed by atoms with Crippen LogP contribution in [0.5, 0.6) is 5.75 Å². The van der Waals surface area contributed by atoms with Crippen LogP contribution in [-0.4, -0.2) is 66.2 Å². The number of phenolic OH excluding ortho intramolecular Hbond substituents is 1. The number of carboxylic acids is 2. The molecule has 5 atom stereocenters. The second-order valence-corrected chi connectivity index (χ2v) is 11.0. The number of amides is 2. The molecule has 13 heteroatoms. The van der Waals surface area contributed by atoms with Crippen molar-refractivity contribution in [2.45, 2.75) is 81.6 Å². The Labute approximate surface area is 269 Å². The summed E-state index contributed by atoms with van der Waals surface area (Å²) in [6, 6.07) is 3.21.